The van der Waals surface area contributed by atoms with Crippen LogP contribution < -0.4 is 10.4 Å². The minimum absolute atomic E-state index is 0.0968. The summed E-state index contributed by atoms with van der Waals surface area (Å²) in [5.74, 6) is -2.19. The van der Waals surface area contributed by atoms with Crippen LogP contribution in [0.15, 0.2) is 29.2 Å². The molecule has 0 unspecified atom stereocenters. The van der Waals surface area contributed by atoms with Gasteiger partial charge >= 0.3 is 0 Å². The molecule has 1 amide bonds. The molecule has 4 atom stereocenters. The molecule has 1 aromatic rings. The molecule has 2 fully saturated rings. The van der Waals surface area contributed by atoms with E-state index < -0.39 is 17.8 Å². The Hall–Kier alpha value is -1.62. The Morgan fingerprint density at radius 3 is 2.45 bits per heavy atom. The lowest BCUT2D eigenvalue weighted by Crippen LogP contribution is -2.44. The molecule has 0 aromatic heterocycles. The Morgan fingerprint density at radius 2 is 1.80 bits per heavy atom. The van der Waals surface area contributed by atoms with E-state index in [-0.39, 0.29) is 17.7 Å². The number of hydrogen-bond acceptors (Lipinski definition) is 4. The van der Waals surface area contributed by atoms with Crippen molar-refractivity contribution >= 4 is 30.2 Å². The predicted molar refractivity (Wildman–Crippen MR) is 73.5 cm³/mol. The average molecular weight is 289 g/mol. The molecule has 0 radical (unpaired) electrons. The van der Waals surface area contributed by atoms with Gasteiger partial charge in [0.15, 0.2) is 0 Å². The summed E-state index contributed by atoms with van der Waals surface area (Å²) in [4.78, 5) is 24.3. The summed E-state index contributed by atoms with van der Waals surface area (Å²) in [5, 5.41) is 14.1. The fourth-order valence-corrected chi connectivity index (χ4v) is 3.99. The average Bonchev–Trinajstić information content (AvgIpc) is 3.01. The van der Waals surface area contributed by atoms with Gasteiger partial charge in [-0.1, -0.05) is 18.2 Å². The van der Waals surface area contributed by atoms with E-state index in [2.05, 4.69) is 5.32 Å². The van der Waals surface area contributed by atoms with Crippen molar-refractivity contribution in [3.05, 3.63) is 24.3 Å². The van der Waals surface area contributed by atoms with Crippen LogP contribution in [0.4, 0.5) is 5.69 Å². The number of hydrogen-bond donors (Lipinski definition) is 1. The highest BCUT2D eigenvalue weighted by atomic mass is 32.1. The number of para-hydroxylation sites is 1. The van der Waals surface area contributed by atoms with Gasteiger partial charge in [0, 0.05) is 23.5 Å². The number of anilines is 1. The third-order valence-electron chi connectivity index (χ3n) is 4.64. The van der Waals surface area contributed by atoms with Gasteiger partial charge in [0.2, 0.25) is 5.91 Å². The number of carbonyl (C=O) groups excluding carboxylic acids is 2. The maximum absolute atomic E-state index is 12.4. The topological polar surface area (TPSA) is 69.2 Å². The van der Waals surface area contributed by atoms with Crippen LogP contribution in [-0.4, -0.2) is 11.9 Å². The van der Waals surface area contributed by atoms with Gasteiger partial charge in [-0.05, 0) is 37.2 Å². The molecule has 2 saturated carbocycles. The fraction of sp³-hybridized carbons (Fsp3) is 0.467. The van der Waals surface area contributed by atoms with Gasteiger partial charge in [-0.25, -0.2) is 0 Å². The zero-order valence-electron chi connectivity index (χ0n) is 10.9. The van der Waals surface area contributed by atoms with Crippen LogP contribution in [0.1, 0.15) is 19.3 Å². The number of rotatable bonds is 3. The van der Waals surface area contributed by atoms with E-state index in [1.54, 1.807) is 24.3 Å². The second-order valence-corrected chi connectivity index (χ2v) is 6.13. The van der Waals surface area contributed by atoms with Crippen molar-refractivity contribution in [2.24, 2.45) is 23.7 Å². The Kier molecular flexibility index (Phi) is 3.38. The first kappa shape index (κ1) is 13.4. The third-order valence-corrected chi connectivity index (χ3v) is 4.99. The SMILES string of the molecule is O=C(Nc1ccccc1[S-])[C@@H]1[C@H]2CC[C@@H](C2)[C@@H]1C(=O)[O-]. The Labute approximate surface area is 123 Å². The maximum atomic E-state index is 12.4. The Morgan fingerprint density at radius 1 is 1.15 bits per heavy atom. The summed E-state index contributed by atoms with van der Waals surface area (Å²) in [6.07, 6.45) is 2.65. The molecule has 2 bridgehead atoms. The first-order valence-electron chi connectivity index (χ1n) is 6.85. The minimum Gasteiger partial charge on any atom is -0.778 e. The third kappa shape index (κ3) is 2.16. The molecule has 5 heteroatoms. The van der Waals surface area contributed by atoms with Crippen LogP contribution in [0.5, 0.6) is 0 Å². The number of fused-ring (bicyclic) bond motifs is 2. The molecular weight excluding hydrogens is 274 g/mol. The van der Waals surface area contributed by atoms with Gasteiger partial charge in [-0.2, -0.15) is 4.90 Å². The van der Waals surface area contributed by atoms with E-state index in [1.807, 2.05) is 0 Å². The highest BCUT2D eigenvalue weighted by Crippen LogP contribution is 2.52. The van der Waals surface area contributed by atoms with E-state index >= 15 is 0 Å². The lowest BCUT2D eigenvalue weighted by atomic mass is 9.78. The van der Waals surface area contributed by atoms with Crippen molar-refractivity contribution in [3.63, 3.8) is 0 Å². The van der Waals surface area contributed by atoms with Crippen LogP contribution >= 0.6 is 0 Å². The first-order chi connectivity index (χ1) is 9.58. The Balaban J connectivity index is 1.80. The zero-order valence-corrected chi connectivity index (χ0v) is 11.7. The van der Waals surface area contributed by atoms with E-state index in [0.717, 1.165) is 19.3 Å². The number of carboxylic acid groups (broad SMARTS) is 1. The van der Waals surface area contributed by atoms with Gasteiger partial charge in [0.25, 0.3) is 0 Å². The molecule has 2 aliphatic carbocycles. The van der Waals surface area contributed by atoms with Gasteiger partial charge in [0.05, 0.1) is 0 Å². The van der Waals surface area contributed by atoms with E-state index in [0.29, 0.717) is 10.6 Å². The maximum Gasteiger partial charge on any atom is 0.228 e. The Bertz CT molecular complexity index is 560. The quantitative estimate of drug-likeness (QED) is 0.841. The molecule has 1 N–H and O–H groups in total. The predicted octanol–water partition coefficient (Wildman–Crippen LogP) is 0.943. The largest absolute Gasteiger partial charge is 0.778 e. The van der Waals surface area contributed by atoms with Crippen LogP contribution in [0.2, 0.25) is 0 Å². The molecular formula is C15H15NO3S-2. The highest BCUT2D eigenvalue weighted by molar-refractivity contribution is 7.59. The number of amides is 1. The lowest BCUT2D eigenvalue weighted by Gasteiger charge is -2.31. The van der Waals surface area contributed by atoms with Gasteiger partial charge in [-0.3, -0.25) is 4.79 Å². The summed E-state index contributed by atoms with van der Waals surface area (Å²) in [5.41, 5.74) is 0.576. The molecule has 4 nitrogen and oxygen atoms in total. The molecule has 0 spiro atoms. The zero-order chi connectivity index (χ0) is 14.3. The second-order valence-electron chi connectivity index (χ2n) is 5.69. The van der Waals surface area contributed by atoms with Crippen LogP contribution in [-0.2, 0) is 22.2 Å². The lowest BCUT2D eigenvalue weighted by molar-refractivity contribution is -0.314. The monoisotopic (exact) mass is 289 g/mol. The van der Waals surface area contributed by atoms with Gasteiger partial charge < -0.3 is 27.8 Å². The fourth-order valence-electron chi connectivity index (χ4n) is 3.79. The number of carbonyl (C=O) groups is 2. The van der Waals surface area contributed by atoms with Crippen LogP contribution in [0, 0.1) is 23.7 Å². The van der Waals surface area contributed by atoms with Crippen molar-refractivity contribution in [2.45, 2.75) is 24.2 Å². The standard InChI is InChI=1S/C15H17NO3S/c17-14(16-10-3-1-2-4-11(10)20)12-8-5-6-9(7-8)13(12)15(18)19/h1-4,8-9,12-13,20H,5-7H2,(H,16,17)(H,18,19)/p-2/t8-,9-,12+,13-/m0/s1. The number of benzene rings is 1. The van der Waals surface area contributed by atoms with Gasteiger partial charge in [0.1, 0.15) is 0 Å². The molecule has 0 aliphatic heterocycles. The summed E-state index contributed by atoms with van der Waals surface area (Å²) < 4.78 is 0. The van der Waals surface area contributed by atoms with Crippen LogP contribution in [0.25, 0.3) is 0 Å². The van der Waals surface area contributed by atoms with E-state index in [4.69, 9.17) is 12.6 Å². The van der Waals surface area contributed by atoms with Crippen molar-refractivity contribution in [1.82, 2.24) is 0 Å². The van der Waals surface area contributed by atoms with Crippen molar-refractivity contribution in [2.75, 3.05) is 5.32 Å². The molecule has 20 heavy (non-hydrogen) atoms. The summed E-state index contributed by atoms with van der Waals surface area (Å²) in [6.45, 7) is 0. The second kappa shape index (κ2) is 5.05. The smallest absolute Gasteiger partial charge is 0.228 e. The normalized spacial score (nSPS) is 31.2. The molecule has 0 heterocycles. The molecule has 3 rings (SSSR count). The number of aliphatic carboxylic acids is 1. The molecule has 106 valence electrons. The highest BCUT2D eigenvalue weighted by Gasteiger charge is 2.51. The van der Waals surface area contributed by atoms with Crippen molar-refractivity contribution in [3.8, 4) is 0 Å². The van der Waals surface area contributed by atoms with Crippen molar-refractivity contribution < 1.29 is 14.7 Å². The summed E-state index contributed by atoms with van der Waals surface area (Å²) in [7, 11) is 0. The molecule has 2 aliphatic rings. The van der Waals surface area contributed by atoms with Crippen LogP contribution in [0.3, 0.4) is 0 Å². The summed E-state index contributed by atoms with van der Waals surface area (Å²) >= 11 is 5.15. The first-order valence-corrected chi connectivity index (χ1v) is 7.26. The number of nitrogens with one attached hydrogen (secondary N) is 1. The summed E-state index contributed by atoms with van der Waals surface area (Å²) in [6, 6.07) is 7.07. The van der Waals surface area contributed by atoms with Gasteiger partial charge in [-0.15, -0.1) is 0 Å². The van der Waals surface area contributed by atoms with E-state index in [1.165, 1.54) is 0 Å². The van der Waals surface area contributed by atoms with Crippen molar-refractivity contribution in [1.29, 1.82) is 0 Å². The molecule has 1 aromatic carbocycles. The minimum atomic E-state index is -1.09. The number of carboxylic acids is 1. The molecule has 0 saturated heterocycles. The van der Waals surface area contributed by atoms with E-state index in [9.17, 15) is 14.7 Å².